The lowest BCUT2D eigenvalue weighted by Gasteiger charge is -2.11. The molecular formula is C17H17FN2O5S2. The number of ether oxygens (including phenoxy) is 1. The van der Waals surface area contributed by atoms with Crippen LogP contribution in [0.4, 0.5) is 4.39 Å². The maximum atomic E-state index is 12.8. The lowest BCUT2D eigenvalue weighted by Crippen LogP contribution is -2.42. The number of sulfonamides is 1. The van der Waals surface area contributed by atoms with E-state index in [2.05, 4.69) is 10.2 Å². The van der Waals surface area contributed by atoms with Gasteiger partial charge in [0, 0.05) is 17.1 Å². The second kappa shape index (κ2) is 9.49. The Hall–Kier alpha value is -2.43. The number of methoxy groups -OCH3 is 1. The van der Waals surface area contributed by atoms with Gasteiger partial charge >= 0.3 is 5.97 Å². The van der Waals surface area contributed by atoms with Crippen LogP contribution in [0.2, 0.25) is 0 Å². The highest BCUT2D eigenvalue weighted by atomic mass is 32.2. The second-order valence-electron chi connectivity index (χ2n) is 5.19. The molecule has 0 aliphatic heterocycles. The molecule has 1 amide bonds. The van der Waals surface area contributed by atoms with Crippen LogP contribution in [0.5, 0.6) is 0 Å². The minimum Gasteiger partial charge on any atom is -0.465 e. The number of rotatable bonds is 8. The number of hydrazine groups is 1. The average molecular weight is 412 g/mol. The van der Waals surface area contributed by atoms with Crippen LogP contribution < -0.4 is 10.3 Å². The van der Waals surface area contributed by atoms with E-state index in [1.807, 2.05) is 4.83 Å². The number of carbonyl (C=O) groups is 2. The first kappa shape index (κ1) is 20.9. The van der Waals surface area contributed by atoms with E-state index >= 15 is 0 Å². The molecule has 0 aromatic heterocycles. The van der Waals surface area contributed by atoms with Crippen molar-refractivity contribution in [2.24, 2.45) is 0 Å². The highest BCUT2D eigenvalue weighted by Gasteiger charge is 2.23. The van der Waals surface area contributed by atoms with E-state index in [9.17, 15) is 22.4 Å². The highest BCUT2D eigenvalue weighted by Crippen LogP contribution is 2.19. The summed E-state index contributed by atoms with van der Waals surface area (Å²) in [6, 6.07) is 11.3. The van der Waals surface area contributed by atoms with Crippen molar-refractivity contribution in [3.8, 4) is 0 Å². The number of esters is 1. The second-order valence-corrected chi connectivity index (χ2v) is 8.01. The molecule has 0 bridgehead atoms. The Morgan fingerprint density at radius 2 is 1.78 bits per heavy atom. The van der Waals surface area contributed by atoms with Gasteiger partial charge in [-0.1, -0.05) is 12.1 Å². The fourth-order valence-electron chi connectivity index (χ4n) is 2.01. The molecule has 0 saturated carbocycles. The molecule has 2 aromatic rings. The van der Waals surface area contributed by atoms with Crippen LogP contribution in [0.25, 0.3) is 0 Å². The Morgan fingerprint density at radius 1 is 1.11 bits per heavy atom. The third-order valence-electron chi connectivity index (χ3n) is 3.32. The van der Waals surface area contributed by atoms with Crippen LogP contribution in [0.3, 0.4) is 0 Å². The Bertz CT molecular complexity index is 917. The summed E-state index contributed by atoms with van der Waals surface area (Å²) in [6.07, 6.45) is 0.0310. The normalized spacial score (nSPS) is 11.0. The standard InChI is InChI=1S/C17H17FN2O5S2/c1-25-17(22)14-4-2-3-5-15(14)27(23,24)20-19-16(21)10-11-26-13-8-6-12(18)7-9-13/h2-9,20H,10-11H2,1H3,(H,19,21). The number of benzene rings is 2. The van der Waals surface area contributed by atoms with Crippen LogP contribution in [0, 0.1) is 5.82 Å². The molecule has 0 atom stereocenters. The van der Waals surface area contributed by atoms with E-state index in [4.69, 9.17) is 0 Å². The summed E-state index contributed by atoms with van der Waals surface area (Å²) >= 11 is 1.33. The predicted molar refractivity (Wildman–Crippen MR) is 98.0 cm³/mol. The number of thioether (sulfide) groups is 1. The summed E-state index contributed by atoms with van der Waals surface area (Å²) in [5.74, 6) is -1.33. The summed E-state index contributed by atoms with van der Waals surface area (Å²) in [5, 5.41) is 0. The first-order chi connectivity index (χ1) is 12.8. The molecule has 10 heteroatoms. The monoisotopic (exact) mass is 412 g/mol. The summed E-state index contributed by atoms with van der Waals surface area (Å²) in [6.45, 7) is 0. The van der Waals surface area contributed by atoms with Gasteiger partial charge in [0.2, 0.25) is 5.91 Å². The minimum absolute atomic E-state index is 0.0310. The fraction of sp³-hybridized carbons (Fsp3) is 0.176. The number of hydrogen-bond acceptors (Lipinski definition) is 6. The molecule has 7 nitrogen and oxygen atoms in total. The fourth-order valence-corrected chi connectivity index (χ4v) is 3.92. The Balaban J connectivity index is 1.90. The largest absolute Gasteiger partial charge is 0.465 e. The van der Waals surface area contributed by atoms with E-state index in [1.54, 1.807) is 12.1 Å². The molecule has 2 N–H and O–H groups in total. The molecule has 0 aliphatic carbocycles. The molecule has 0 spiro atoms. The lowest BCUT2D eigenvalue weighted by molar-refractivity contribution is -0.121. The maximum Gasteiger partial charge on any atom is 0.339 e. The quantitative estimate of drug-likeness (QED) is 0.391. The summed E-state index contributed by atoms with van der Waals surface area (Å²) in [4.78, 5) is 26.0. The molecule has 144 valence electrons. The minimum atomic E-state index is -4.15. The van der Waals surface area contributed by atoms with Crippen molar-refractivity contribution in [1.82, 2.24) is 10.3 Å². The van der Waals surface area contributed by atoms with Gasteiger partial charge in [-0.3, -0.25) is 10.2 Å². The number of carbonyl (C=O) groups excluding carboxylic acids is 2. The molecule has 2 aromatic carbocycles. The lowest BCUT2D eigenvalue weighted by atomic mass is 10.2. The topological polar surface area (TPSA) is 102 Å². The number of nitrogens with one attached hydrogen (secondary N) is 2. The smallest absolute Gasteiger partial charge is 0.339 e. The van der Waals surface area contributed by atoms with Crippen molar-refractivity contribution >= 4 is 33.7 Å². The van der Waals surface area contributed by atoms with Crippen LogP contribution in [0.15, 0.2) is 58.3 Å². The Kier molecular flexibility index (Phi) is 7.34. The maximum absolute atomic E-state index is 12.8. The van der Waals surface area contributed by atoms with Gasteiger partial charge in [0.25, 0.3) is 10.0 Å². The van der Waals surface area contributed by atoms with Crippen molar-refractivity contribution in [3.63, 3.8) is 0 Å². The summed E-state index contributed by atoms with van der Waals surface area (Å²) in [5.41, 5.74) is 1.95. The van der Waals surface area contributed by atoms with Crippen molar-refractivity contribution in [1.29, 1.82) is 0 Å². The van der Waals surface area contributed by atoms with Gasteiger partial charge in [0.15, 0.2) is 0 Å². The molecule has 0 heterocycles. The first-order valence-electron chi connectivity index (χ1n) is 7.70. The van der Waals surface area contributed by atoms with Gasteiger partial charge in [-0.25, -0.2) is 17.6 Å². The van der Waals surface area contributed by atoms with Gasteiger partial charge < -0.3 is 4.74 Å². The van der Waals surface area contributed by atoms with Gasteiger partial charge in [0.05, 0.1) is 17.6 Å². The molecule has 0 aliphatic rings. The van der Waals surface area contributed by atoms with Gasteiger partial charge in [-0.05, 0) is 36.4 Å². The van der Waals surface area contributed by atoms with E-state index in [0.717, 1.165) is 12.0 Å². The third-order valence-corrected chi connectivity index (χ3v) is 5.64. The Labute approximate surface area is 160 Å². The molecule has 27 heavy (non-hydrogen) atoms. The van der Waals surface area contributed by atoms with Crippen LogP contribution in [0.1, 0.15) is 16.8 Å². The first-order valence-corrected chi connectivity index (χ1v) is 10.2. The van der Waals surface area contributed by atoms with Gasteiger partial charge in [0.1, 0.15) is 5.82 Å². The van der Waals surface area contributed by atoms with Crippen LogP contribution in [-0.2, 0) is 19.6 Å². The number of halogens is 1. The zero-order valence-corrected chi connectivity index (χ0v) is 15.9. The van der Waals surface area contributed by atoms with Crippen molar-refractivity contribution in [2.45, 2.75) is 16.2 Å². The zero-order valence-electron chi connectivity index (χ0n) is 14.3. The molecule has 2 rings (SSSR count). The summed E-state index contributed by atoms with van der Waals surface area (Å²) < 4.78 is 42.0. The van der Waals surface area contributed by atoms with Gasteiger partial charge in [-0.2, -0.15) is 0 Å². The van der Waals surface area contributed by atoms with Crippen molar-refractivity contribution in [2.75, 3.05) is 12.9 Å². The van der Waals surface area contributed by atoms with Crippen molar-refractivity contribution in [3.05, 3.63) is 59.9 Å². The molecular weight excluding hydrogens is 395 g/mol. The third kappa shape index (κ3) is 6.05. The van der Waals surface area contributed by atoms with E-state index in [0.29, 0.717) is 5.75 Å². The number of amides is 1. The molecule has 0 fully saturated rings. The van der Waals surface area contributed by atoms with E-state index in [1.165, 1.54) is 48.2 Å². The summed E-state index contributed by atoms with van der Waals surface area (Å²) in [7, 11) is -3.02. The number of hydrogen-bond donors (Lipinski definition) is 2. The molecule has 0 unspecified atom stereocenters. The predicted octanol–water partition coefficient (Wildman–Crippen LogP) is 2.10. The Morgan fingerprint density at radius 3 is 2.44 bits per heavy atom. The van der Waals surface area contributed by atoms with Gasteiger partial charge in [-0.15, -0.1) is 16.6 Å². The van der Waals surface area contributed by atoms with E-state index < -0.39 is 21.9 Å². The van der Waals surface area contributed by atoms with E-state index in [-0.39, 0.29) is 22.7 Å². The SMILES string of the molecule is COC(=O)c1ccccc1S(=O)(=O)NNC(=O)CCSc1ccc(F)cc1. The van der Waals surface area contributed by atoms with Crippen LogP contribution in [-0.4, -0.2) is 33.2 Å². The average Bonchev–Trinajstić information content (AvgIpc) is 2.67. The highest BCUT2D eigenvalue weighted by molar-refractivity contribution is 7.99. The molecule has 0 radical (unpaired) electrons. The van der Waals surface area contributed by atoms with Crippen molar-refractivity contribution < 1.29 is 27.1 Å². The molecule has 0 saturated heterocycles. The van der Waals surface area contributed by atoms with Crippen LogP contribution >= 0.6 is 11.8 Å². The zero-order chi connectivity index (χ0) is 19.9.